The molecule has 2 rings (SSSR count). The predicted molar refractivity (Wildman–Crippen MR) is 109 cm³/mol. The first-order valence-electron chi connectivity index (χ1n) is 8.51. The Bertz CT molecular complexity index is 897. The molecule has 1 amide bonds. The molecular formula is C19H24ClN3O3S. The molecule has 0 aromatic heterocycles. The molecule has 0 radical (unpaired) electrons. The lowest BCUT2D eigenvalue weighted by atomic mass is 10.2. The van der Waals surface area contributed by atoms with E-state index < -0.39 is 10.0 Å². The molecule has 0 unspecified atom stereocenters. The Hall–Kier alpha value is -2.09. The zero-order valence-corrected chi connectivity index (χ0v) is 17.2. The van der Waals surface area contributed by atoms with Crippen molar-refractivity contribution in [3.8, 4) is 0 Å². The minimum Gasteiger partial charge on any atom is -0.352 e. The van der Waals surface area contributed by atoms with Crippen molar-refractivity contribution in [1.29, 1.82) is 0 Å². The first-order chi connectivity index (χ1) is 12.7. The van der Waals surface area contributed by atoms with Crippen LogP contribution in [0.4, 0.5) is 5.69 Å². The van der Waals surface area contributed by atoms with E-state index in [0.29, 0.717) is 6.54 Å². The van der Waals surface area contributed by atoms with Crippen LogP contribution < -0.4 is 10.0 Å². The summed E-state index contributed by atoms with van der Waals surface area (Å²) < 4.78 is 27.5. The second-order valence-electron chi connectivity index (χ2n) is 6.53. The maximum absolute atomic E-state index is 12.5. The molecule has 2 aromatic carbocycles. The average Bonchev–Trinajstić information content (AvgIpc) is 2.60. The minimum atomic E-state index is -3.75. The van der Waals surface area contributed by atoms with E-state index in [1.807, 2.05) is 25.9 Å². The number of hydrogen-bond acceptors (Lipinski definition) is 4. The second kappa shape index (κ2) is 9.21. The predicted octanol–water partition coefficient (Wildman–Crippen LogP) is 3.13. The molecule has 0 aliphatic rings. The monoisotopic (exact) mass is 409 g/mol. The maximum Gasteiger partial charge on any atom is 0.261 e. The SMILES string of the molecule is Cc1ccc(S(=O)(=O)Nc2ccc(Cl)c(C(=O)NCCCN(C)C)c2)cc1. The van der Waals surface area contributed by atoms with Crippen molar-refractivity contribution in [2.24, 2.45) is 0 Å². The number of halogens is 1. The Morgan fingerprint density at radius 2 is 1.78 bits per heavy atom. The Morgan fingerprint density at radius 3 is 2.41 bits per heavy atom. The first-order valence-corrected chi connectivity index (χ1v) is 10.4. The third kappa shape index (κ3) is 6.23. The number of amides is 1. The fourth-order valence-corrected chi connectivity index (χ4v) is 3.64. The molecule has 27 heavy (non-hydrogen) atoms. The van der Waals surface area contributed by atoms with Gasteiger partial charge in [0.15, 0.2) is 0 Å². The van der Waals surface area contributed by atoms with Gasteiger partial charge in [-0.25, -0.2) is 8.42 Å². The molecule has 146 valence electrons. The molecule has 0 saturated carbocycles. The number of anilines is 1. The molecule has 0 saturated heterocycles. The number of aryl methyl sites for hydroxylation is 1. The smallest absolute Gasteiger partial charge is 0.261 e. The highest BCUT2D eigenvalue weighted by atomic mass is 35.5. The molecule has 0 aliphatic carbocycles. The molecule has 0 bridgehead atoms. The number of hydrogen-bond donors (Lipinski definition) is 2. The van der Waals surface area contributed by atoms with Gasteiger partial charge >= 0.3 is 0 Å². The van der Waals surface area contributed by atoms with Crippen LogP contribution in [0, 0.1) is 6.92 Å². The van der Waals surface area contributed by atoms with Crippen LogP contribution in [0.5, 0.6) is 0 Å². The van der Waals surface area contributed by atoms with Crippen molar-refractivity contribution >= 4 is 33.2 Å². The Balaban J connectivity index is 2.12. The van der Waals surface area contributed by atoms with Crippen molar-refractivity contribution in [2.45, 2.75) is 18.2 Å². The normalized spacial score (nSPS) is 11.4. The van der Waals surface area contributed by atoms with Crippen LogP contribution in [0.2, 0.25) is 5.02 Å². The van der Waals surface area contributed by atoms with Gasteiger partial charge in [-0.05, 0) is 64.3 Å². The molecule has 2 N–H and O–H groups in total. The largest absolute Gasteiger partial charge is 0.352 e. The molecule has 8 heteroatoms. The Morgan fingerprint density at radius 1 is 1.11 bits per heavy atom. The lowest BCUT2D eigenvalue weighted by Gasteiger charge is -2.12. The third-order valence-corrected chi connectivity index (χ3v) is 5.59. The van der Waals surface area contributed by atoms with Crippen LogP contribution in [-0.4, -0.2) is 46.4 Å². The van der Waals surface area contributed by atoms with Gasteiger partial charge in [-0.2, -0.15) is 0 Å². The zero-order valence-electron chi connectivity index (χ0n) is 15.6. The fraction of sp³-hybridized carbons (Fsp3) is 0.316. The van der Waals surface area contributed by atoms with Gasteiger partial charge < -0.3 is 10.2 Å². The van der Waals surface area contributed by atoms with Crippen molar-refractivity contribution in [1.82, 2.24) is 10.2 Å². The van der Waals surface area contributed by atoms with E-state index in [0.717, 1.165) is 18.5 Å². The molecule has 6 nitrogen and oxygen atoms in total. The summed E-state index contributed by atoms with van der Waals surface area (Å²) in [5, 5.41) is 3.06. The van der Waals surface area contributed by atoms with Gasteiger partial charge in [0.25, 0.3) is 15.9 Å². The van der Waals surface area contributed by atoms with Gasteiger partial charge in [-0.3, -0.25) is 9.52 Å². The lowest BCUT2D eigenvalue weighted by molar-refractivity contribution is 0.0952. The fourth-order valence-electron chi connectivity index (χ4n) is 2.39. The summed E-state index contributed by atoms with van der Waals surface area (Å²) in [6, 6.07) is 11.0. The molecule has 0 spiro atoms. The molecular weight excluding hydrogens is 386 g/mol. The standard InChI is InChI=1S/C19H24ClN3O3S/c1-14-5-8-16(9-6-14)27(25,26)22-15-7-10-18(20)17(13-15)19(24)21-11-4-12-23(2)3/h5-10,13,22H,4,11-12H2,1-3H3,(H,21,24). The van der Waals surface area contributed by atoms with Crippen LogP contribution in [0.25, 0.3) is 0 Å². The van der Waals surface area contributed by atoms with Crippen molar-refractivity contribution in [2.75, 3.05) is 31.9 Å². The van der Waals surface area contributed by atoms with E-state index >= 15 is 0 Å². The van der Waals surface area contributed by atoms with Crippen LogP contribution in [0.3, 0.4) is 0 Å². The van der Waals surface area contributed by atoms with Crippen LogP contribution in [0.1, 0.15) is 22.3 Å². The summed E-state index contributed by atoms with van der Waals surface area (Å²) in [7, 11) is 0.175. The highest BCUT2D eigenvalue weighted by Gasteiger charge is 2.16. The van der Waals surface area contributed by atoms with E-state index in [1.54, 1.807) is 12.1 Å². The van der Waals surface area contributed by atoms with Crippen LogP contribution in [0.15, 0.2) is 47.4 Å². The number of benzene rings is 2. The highest BCUT2D eigenvalue weighted by molar-refractivity contribution is 7.92. The second-order valence-corrected chi connectivity index (χ2v) is 8.62. The summed E-state index contributed by atoms with van der Waals surface area (Å²) in [6.45, 7) is 3.24. The van der Waals surface area contributed by atoms with Gasteiger partial charge in [0.2, 0.25) is 0 Å². The molecule has 0 fully saturated rings. The van der Waals surface area contributed by atoms with Crippen molar-refractivity contribution < 1.29 is 13.2 Å². The van der Waals surface area contributed by atoms with E-state index in [9.17, 15) is 13.2 Å². The average molecular weight is 410 g/mol. The number of carbonyl (C=O) groups is 1. The van der Waals surface area contributed by atoms with Gasteiger partial charge in [-0.1, -0.05) is 29.3 Å². The summed E-state index contributed by atoms with van der Waals surface area (Å²) in [4.78, 5) is 14.5. The zero-order chi connectivity index (χ0) is 20.0. The van der Waals surface area contributed by atoms with E-state index in [2.05, 4.69) is 10.0 Å². The van der Waals surface area contributed by atoms with Gasteiger partial charge in [0, 0.05) is 12.2 Å². The number of rotatable bonds is 8. The summed E-state index contributed by atoms with van der Waals surface area (Å²) in [6.07, 6.45) is 0.802. The lowest BCUT2D eigenvalue weighted by Crippen LogP contribution is -2.27. The first kappa shape index (κ1) is 21.2. The number of nitrogens with zero attached hydrogens (tertiary/aromatic N) is 1. The Kier molecular flexibility index (Phi) is 7.24. The summed E-state index contributed by atoms with van der Waals surface area (Å²) >= 11 is 6.11. The van der Waals surface area contributed by atoms with Gasteiger partial charge in [0.05, 0.1) is 15.5 Å². The molecule has 0 aliphatic heterocycles. The topological polar surface area (TPSA) is 78.5 Å². The van der Waals surface area contributed by atoms with E-state index in [4.69, 9.17) is 11.6 Å². The molecule has 0 heterocycles. The summed E-state index contributed by atoms with van der Waals surface area (Å²) in [5.74, 6) is -0.338. The highest BCUT2D eigenvalue weighted by Crippen LogP contribution is 2.23. The van der Waals surface area contributed by atoms with E-state index in [-0.39, 0.29) is 27.1 Å². The van der Waals surface area contributed by atoms with Crippen molar-refractivity contribution in [3.05, 3.63) is 58.6 Å². The van der Waals surface area contributed by atoms with Gasteiger partial charge in [0.1, 0.15) is 0 Å². The molecule has 0 atom stereocenters. The van der Waals surface area contributed by atoms with Gasteiger partial charge in [-0.15, -0.1) is 0 Å². The minimum absolute atomic E-state index is 0.151. The summed E-state index contributed by atoms with van der Waals surface area (Å²) in [5.41, 5.74) is 1.47. The quantitative estimate of drug-likeness (QED) is 0.656. The molecule has 2 aromatic rings. The number of sulfonamides is 1. The maximum atomic E-state index is 12.5. The van der Waals surface area contributed by atoms with Crippen LogP contribution in [-0.2, 0) is 10.0 Å². The van der Waals surface area contributed by atoms with Crippen LogP contribution >= 0.6 is 11.6 Å². The van der Waals surface area contributed by atoms with E-state index in [1.165, 1.54) is 30.3 Å². The number of nitrogens with one attached hydrogen (secondary N) is 2. The third-order valence-electron chi connectivity index (χ3n) is 3.86. The Labute approximate surface area is 165 Å². The number of carbonyl (C=O) groups excluding carboxylic acids is 1. The van der Waals surface area contributed by atoms with Crippen molar-refractivity contribution in [3.63, 3.8) is 0 Å².